The zero-order chi connectivity index (χ0) is 12.9. The molecular weight excluding hydrogens is 295 g/mol. The molecule has 0 spiro atoms. The number of halogens is 3. The van der Waals surface area contributed by atoms with E-state index in [1.54, 1.807) is 24.3 Å². The summed E-state index contributed by atoms with van der Waals surface area (Å²) in [5.74, 6) is 2.14. The Morgan fingerprint density at radius 2 is 1.39 bits per heavy atom. The van der Waals surface area contributed by atoms with E-state index in [9.17, 15) is 0 Å². The molecule has 0 bridgehead atoms. The quantitative estimate of drug-likeness (QED) is 0.518. The van der Waals surface area contributed by atoms with Crippen molar-refractivity contribution in [3.05, 3.63) is 44.9 Å². The van der Waals surface area contributed by atoms with Gasteiger partial charge in [-0.05, 0) is 24.6 Å². The predicted molar refractivity (Wildman–Crippen MR) is 72.8 cm³/mol. The molecule has 0 saturated heterocycles. The van der Waals surface area contributed by atoms with E-state index in [0.29, 0.717) is 38.1 Å². The molecule has 3 rings (SSSR count). The van der Waals surface area contributed by atoms with E-state index in [0.717, 1.165) is 5.56 Å². The number of rotatable bonds is 0. The number of fused-ring (bicyclic) bond motifs is 2. The lowest BCUT2D eigenvalue weighted by Crippen LogP contribution is -2.01. The third kappa shape index (κ3) is 1.91. The van der Waals surface area contributed by atoms with E-state index in [-0.39, 0.29) is 0 Å². The van der Waals surface area contributed by atoms with Gasteiger partial charge in [0.25, 0.3) is 0 Å². The maximum atomic E-state index is 6.08. The maximum Gasteiger partial charge on any atom is 0.188 e. The Hall–Kier alpha value is -1.09. The number of benzene rings is 2. The molecule has 0 fully saturated rings. The molecule has 2 aromatic rings. The molecule has 5 heteroatoms. The average Bonchev–Trinajstić information content (AvgIpc) is 2.26. The molecule has 0 N–H and O–H groups in total. The summed E-state index contributed by atoms with van der Waals surface area (Å²) in [4.78, 5) is 0. The third-order valence-electron chi connectivity index (χ3n) is 2.60. The van der Waals surface area contributed by atoms with Crippen LogP contribution < -0.4 is 9.47 Å². The summed E-state index contributed by atoms with van der Waals surface area (Å²) in [5.41, 5.74) is 0.883. The van der Waals surface area contributed by atoms with Gasteiger partial charge in [0.15, 0.2) is 23.0 Å². The Morgan fingerprint density at radius 3 is 2.11 bits per heavy atom. The Balaban J connectivity index is 2.18. The predicted octanol–water partition coefficient (Wildman–Crippen LogP) is 5.85. The van der Waals surface area contributed by atoms with Crippen LogP contribution in [0.2, 0.25) is 15.1 Å². The lowest BCUT2D eigenvalue weighted by molar-refractivity contribution is 0.358. The van der Waals surface area contributed by atoms with Crippen molar-refractivity contribution in [2.24, 2.45) is 0 Å². The van der Waals surface area contributed by atoms with Gasteiger partial charge in [0.1, 0.15) is 0 Å². The van der Waals surface area contributed by atoms with E-state index in [1.165, 1.54) is 0 Å². The van der Waals surface area contributed by atoms with Gasteiger partial charge in [0.2, 0.25) is 0 Å². The highest BCUT2D eigenvalue weighted by atomic mass is 35.5. The van der Waals surface area contributed by atoms with Gasteiger partial charge in [-0.15, -0.1) is 0 Å². The van der Waals surface area contributed by atoms with E-state index < -0.39 is 0 Å². The molecule has 0 saturated carbocycles. The first-order chi connectivity index (χ1) is 8.54. The largest absolute Gasteiger partial charge is 0.449 e. The molecular formula is C13H7Cl3O2. The summed E-state index contributed by atoms with van der Waals surface area (Å²) in [6.07, 6.45) is 0. The number of ether oxygens (including phenoxy) is 2. The van der Waals surface area contributed by atoms with Crippen molar-refractivity contribution in [1.82, 2.24) is 0 Å². The minimum atomic E-state index is 0.414. The molecule has 2 nitrogen and oxygen atoms in total. The van der Waals surface area contributed by atoms with Gasteiger partial charge in [0.05, 0.1) is 5.02 Å². The van der Waals surface area contributed by atoms with Crippen LogP contribution in [-0.4, -0.2) is 0 Å². The molecule has 1 aliphatic heterocycles. The molecule has 1 heterocycles. The van der Waals surface area contributed by atoms with Crippen molar-refractivity contribution in [3.8, 4) is 23.0 Å². The molecule has 2 aromatic carbocycles. The Morgan fingerprint density at radius 1 is 0.778 bits per heavy atom. The van der Waals surface area contributed by atoms with Crippen molar-refractivity contribution in [1.29, 1.82) is 0 Å². The van der Waals surface area contributed by atoms with Crippen LogP contribution in [0.3, 0.4) is 0 Å². The van der Waals surface area contributed by atoms with Crippen molar-refractivity contribution in [3.63, 3.8) is 0 Å². The van der Waals surface area contributed by atoms with Gasteiger partial charge < -0.3 is 9.47 Å². The minimum Gasteiger partial charge on any atom is -0.449 e. The van der Waals surface area contributed by atoms with Crippen LogP contribution in [0, 0.1) is 6.92 Å². The highest BCUT2D eigenvalue weighted by Crippen LogP contribution is 2.51. The molecule has 0 aliphatic carbocycles. The molecule has 0 aromatic heterocycles. The molecule has 0 amide bonds. The fourth-order valence-corrected chi connectivity index (χ4v) is 2.61. The van der Waals surface area contributed by atoms with Crippen molar-refractivity contribution < 1.29 is 9.47 Å². The second kappa shape index (κ2) is 4.23. The monoisotopic (exact) mass is 300 g/mol. The fraction of sp³-hybridized carbons (Fsp3) is 0.0769. The Labute approximate surface area is 119 Å². The molecule has 18 heavy (non-hydrogen) atoms. The number of hydrogen-bond acceptors (Lipinski definition) is 2. The Kier molecular flexibility index (Phi) is 2.81. The lowest BCUT2D eigenvalue weighted by atomic mass is 10.2. The molecule has 0 unspecified atom stereocenters. The third-order valence-corrected chi connectivity index (χ3v) is 3.32. The second-order valence-electron chi connectivity index (χ2n) is 3.97. The van der Waals surface area contributed by atoms with E-state index >= 15 is 0 Å². The van der Waals surface area contributed by atoms with Gasteiger partial charge >= 0.3 is 0 Å². The summed E-state index contributed by atoms with van der Waals surface area (Å²) in [7, 11) is 0. The topological polar surface area (TPSA) is 18.5 Å². The van der Waals surface area contributed by atoms with Crippen molar-refractivity contribution in [2.45, 2.75) is 6.92 Å². The van der Waals surface area contributed by atoms with Crippen LogP contribution in [0.25, 0.3) is 0 Å². The van der Waals surface area contributed by atoms with Crippen LogP contribution in [-0.2, 0) is 0 Å². The summed E-state index contributed by atoms with van der Waals surface area (Å²) in [6, 6.07) is 6.77. The fourth-order valence-electron chi connectivity index (χ4n) is 1.84. The van der Waals surface area contributed by atoms with Gasteiger partial charge in [-0.25, -0.2) is 0 Å². The maximum absolute atomic E-state index is 6.08. The molecule has 0 atom stereocenters. The number of aryl methyl sites for hydroxylation is 1. The first-order valence-electron chi connectivity index (χ1n) is 5.19. The van der Waals surface area contributed by atoms with Crippen LogP contribution in [0.1, 0.15) is 5.56 Å². The first kappa shape index (κ1) is 12.0. The normalized spacial score (nSPS) is 12.2. The van der Waals surface area contributed by atoms with Crippen LogP contribution in [0.4, 0.5) is 0 Å². The van der Waals surface area contributed by atoms with Crippen LogP contribution >= 0.6 is 34.8 Å². The molecule has 92 valence electrons. The van der Waals surface area contributed by atoms with Gasteiger partial charge in [0, 0.05) is 22.2 Å². The van der Waals surface area contributed by atoms with Gasteiger partial charge in [-0.1, -0.05) is 34.8 Å². The number of hydrogen-bond donors (Lipinski definition) is 0. The molecule has 0 radical (unpaired) electrons. The first-order valence-corrected chi connectivity index (χ1v) is 6.33. The highest BCUT2D eigenvalue weighted by Gasteiger charge is 2.24. The van der Waals surface area contributed by atoms with Crippen molar-refractivity contribution >= 4 is 34.8 Å². The minimum absolute atomic E-state index is 0.414. The standard InChI is InChI=1S/C13H7Cl3O2/c1-6-2-7(14)4-10-12(6)18-13-9(16)3-8(15)5-11(13)17-10/h2-5H,1H3. The average molecular weight is 302 g/mol. The zero-order valence-electron chi connectivity index (χ0n) is 9.26. The van der Waals surface area contributed by atoms with E-state index in [4.69, 9.17) is 44.3 Å². The van der Waals surface area contributed by atoms with Crippen LogP contribution in [0.5, 0.6) is 23.0 Å². The van der Waals surface area contributed by atoms with Gasteiger partial charge in [-0.2, -0.15) is 0 Å². The van der Waals surface area contributed by atoms with E-state index in [2.05, 4.69) is 0 Å². The summed E-state index contributed by atoms with van der Waals surface area (Å²) < 4.78 is 11.5. The molecule has 1 aliphatic rings. The SMILES string of the molecule is Cc1cc(Cl)cc2c1Oc1c(Cl)cc(Cl)cc1O2. The summed E-state index contributed by atoms with van der Waals surface area (Å²) in [5, 5.41) is 1.49. The second-order valence-corrected chi connectivity index (χ2v) is 5.25. The van der Waals surface area contributed by atoms with Crippen LogP contribution in [0.15, 0.2) is 24.3 Å². The van der Waals surface area contributed by atoms with Crippen molar-refractivity contribution in [2.75, 3.05) is 0 Å². The smallest absolute Gasteiger partial charge is 0.188 e. The zero-order valence-corrected chi connectivity index (χ0v) is 11.5. The van der Waals surface area contributed by atoms with E-state index in [1.807, 2.05) is 6.92 Å². The summed E-state index contributed by atoms with van der Waals surface area (Å²) >= 11 is 18.0. The summed E-state index contributed by atoms with van der Waals surface area (Å²) in [6.45, 7) is 1.89. The van der Waals surface area contributed by atoms with Gasteiger partial charge in [-0.3, -0.25) is 0 Å². The Bertz CT molecular complexity index is 598. The highest BCUT2D eigenvalue weighted by molar-refractivity contribution is 6.36. The lowest BCUT2D eigenvalue weighted by Gasteiger charge is -2.23.